The SMILES string of the molecule is CNNC=N/C=C/C(C)C. The predicted molar refractivity (Wildman–Crippen MR) is 44.7 cm³/mol. The summed E-state index contributed by atoms with van der Waals surface area (Å²) in [5.74, 6) is 0.562. The van der Waals surface area contributed by atoms with Crippen molar-refractivity contribution in [2.75, 3.05) is 7.05 Å². The van der Waals surface area contributed by atoms with Crippen LogP contribution in [0, 0.1) is 5.92 Å². The standard InChI is InChI=1S/C7H15N3/c1-7(2)4-5-9-6-10-8-3/h4-8H,1-3H3,(H,9,10)/b5-4+. The van der Waals surface area contributed by atoms with Crippen molar-refractivity contribution in [3.8, 4) is 0 Å². The lowest BCUT2D eigenvalue weighted by Crippen LogP contribution is -2.25. The molecule has 0 fully saturated rings. The number of nitrogens with one attached hydrogen (secondary N) is 2. The average molecular weight is 141 g/mol. The summed E-state index contributed by atoms with van der Waals surface area (Å²) in [6, 6.07) is 0. The summed E-state index contributed by atoms with van der Waals surface area (Å²) in [6.45, 7) is 4.22. The molecule has 0 heterocycles. The fourth-order valence-electron chi connectivity index (χ4n) is 0.367. The number of allylic oxidation sites excluding steroid dienone is 1. The minimum absolute atomic E-state index is 0.562. The van der Waals surface area contributed by atoms with E-state index in [4.69, 9.17) is 0 Å². The van der Waals surface area contributed by atoms with E-state index in [-0.39, 0.29) is 0 Å². The topological polar surface area (TPSA) is 36.4 Å². The molecule has 0 aliphatic carbocycles. The lowest BCUT2D eigenvalue weighted by Gasteiger charge is -1.91. The number of hydrazine groups is 1. The third-order valence-corrected chi connectivity index (χ3v) is 0.840. The molecule has 0 aliphatic rings. The normalized spacial score (nSPS) is 12.0. The molecule has 58 valence electrons. The Hall–Kier alpha value is -0.830. The zero-order valence-electron chi connectivity index (χ0n) is 6.76. The lowest BCUT2D eigenvalue weighted by atomic mass is 10.2. The van der Waals surface area contributed by atoms with Crippen molar-refractivity contribution < 1.29 is 0 Å². The quantitative estimate of drug-likeness (QED) is 0.347. The zero-order chi connectivity index (χ0) is 7.82. The van der Waals surface area contributed by atoms with Crippen molar-refractivity contribution >= 4 is 6.34 Å². The van der Waals surface area contributed by atoms with Gasteiger partial charge in [0, 0.05) is 13.2 Å². The Kier molecular flexibility index (Phi) is 5.77. The lowest BCUT2D eigenvalue weighted by molar-refractivity contribution is 0.781. The number of aliphatic imine (C=N–C) groups is 1. The van der Waals surface area contributed by atoms with Gasteiger partial charge < -0.3 is 5.43 Å². The van der Waals surface area contributed by atoms with E-state index >= 15 is 0 Å². The van der Waals surface area contributed by atoms with E-state index in [1.807, 2.05) is 6.08 Å². The molecular weight excluding hydrogens is 126 g/mol. The first-order valence-corrected chi connectivity index (χ1v) is 3.38. The van der Waals surface area contributed by atoms with E-state index in [0.717, 1.165) is 0 Å². The Labute approximate surface area is 62.2 Å². The molecule has 3 heteroatoms. The largest absolute Gasteiger partial charge is 0.312 e. The molecule has 0 radical (unpaired) electrons. The van der Waals surface area contributed by atoms with Gasteiger partial charge in [-0.15, -0.1) is 0 Å². The van der Waals surface area contributed by atoms with E-state index in [2.05, 4.69) is 29.7 Å². The maximum Gasteiger partial charge on any atom is 0.102 e. The Morgan fingerprint density at radius 2 is 2.10 bits per heavy atom. The van der Waals surface area contributed by atoms with E-state index in [9.17, 15) is 0 Å². The smallest absolute Gasteiger partial charge is 0.102 e. The minimum Gasteiger partial charge on any atom is -0.312 e. The van der Waals surface area contributed by atoms with Crippen LogP contribution in [0.2, 0.25) is 0 Å². The van der Waals surface area contributed by atoms with Crippen molar-refractivity contribution in [2.24, 2.45) is 10.9 Å². The Morgan fingerprint density at radius 1 is 1.40 bits per heavy atom. The highest BCUT2D eigenvalue weighted by atomic mass is 15.3. The van der Waals surface area contributed by atoms with Gasteiger partial charge in [-0.05, 0) is 5.92 Å². The summed E-state index contributed by atoms with van der Waals surface area (Å²) in [7, 11) is 1.79. The van der Waals surface area contributed by atoms with Crippen LogP contribution in [0.25, 0.3) is 0 Å². The molecule has 0 aliphatic heterocycles. The van der Waals surface area contributed by atoms with Gasteiger partial charge in [0.15, 0.2) is 0 Å². The number of nitrogens with zero attached hydrogens (tertiary/aromatic N) is 1. The second-order valence-electron chi connectivity index (χ2n) is 2.26. The first-order chi connectivity index (χ1) is 4.77. The van der Waals surface area contributed by atoms with Crippen molar-refractivity contribution in [3.63, 3.8) is 0 Å². The molecule has 0 aromatic rings. The maximum atomic E-state index is 3.92. The van der Waals surface area contributed by atoms with Crippen LogP contribution in [-0.4, -0.2) is 13.4 Å². The zero-order valence-corrected chi connectivity index (χ0v) is 6.76. The molecule has 0 amide bonds. The highest BCUT2D eigenvalue weighted by Gasteiger charge is 1.78. The number of rotatable bonds is 4. The Balaban J connectivity index is 3.32. The maximum absolute atomic E-state index is 3.92. The summed E-state index contributed by atoms with van der Waals surface area (Å²) in [5, 5.41) is 0. The van der Waals surface area contributed by atoms with Gasteiger partial charge in [0.05, 0.1) is 0 Å². The van der Waals surface area contributed by atoms with E-state index in [1.54, 1.807) is 19.6 Å². The van der Waals surface area contributed by atoms with Crippen LogP contribution in [0.3, 0.4) is 0 Å². The van der Waals surface area contributed by atoms with Crippen molar-refractivity contribution in [1.29, 1.82) is 0 Å². The monoisotopic (exact) mass is 141 g/mol. The van der Waals surface area contributed by atoms with E-state index in [0.29, 0.717) is 5.92 Å². The average Bonchev–Trinajstić information content (AvgIpc) is 1.87. The van der Waals surface area contributed by atoms with Gasteiger partial charge in [-0.25, -0.2) is 10.4 Å². The van der Waals surface area contributed by atoms with Crippen molar-refractivity contribution in [2.45, 2.75) is 13.8 Å². The summed E-state index contributed by atoms with van der Waals surface area (Å²) in [4.78, 5) is 3.92. The first kappa shape index (κ1) is 9.17. The van der Waals surface area contributed by atoms with Crippen LogP contribution >= 0.6 is 0 Å². The molecule has 0 unspecified atom stereocenters. The molecule has 3 nitrogen and oxygen atoms in total. The molecular formula is C7H15N3. The predicted octanol–water partition coefficient (Wildman–Crippen LogP) is 0.908. The number of hydrogen-bond donors (Lipinski definition) is 2. The minimum atomic E-state index is 0.562. The fourth-order valence-corrected chi connectivity index (χ4v) is 0.367. The van der Waals surface area contributed by atoms with Gasteiger partial charge in [-0.2, -0.15) is 0 Å². The van der Waals surface area contributed by atoms with Crippen LogP contribution in [0.4, 0.5) is 0 Å². The van der Waals surface area contributed by atoms with E-state index in [1.165, 1.54) is 0 Å². The van der Waals surface area contributed by atoms with Crippen molar-refractivity contribution in [1.82, 2.24) is 10.9 Å². The second-order valence-corrected chi connectivity index (χ2v) is 2.26. The molecule has 0 bridgehead atoms. The summed E-state index contributed by atoms with van der Waals surface area (Å²) >= 11 is 0. The molecule has 0 saturated heterocycles. The summed E-state index contributed by atoms with van der Waals surface area (Å²) < 4.78 is 0. The molecule has 0 saturated carbocycles. The Bertz CT molecular complexity index is 116. The highest BCUT2D eigenvalue weighted by Crippen LogP contribution is 1.91. The van der Waals surface area contributed by atoms with Gasteiger partial charge >= 0.3 is 0 Å². The Morgan fingerprint density at radius 3 is 2.60 bits per heavy atom. The third-order valence-electron chi connectivity index (χ3n) is 0.840. The van der Waals surface area contributed by atoms with Gasteiger partial charge in [0.25, 0.3) is 0 Å². The van der Waals surface area contributed by atoms with Gasteiger partial charge in [0.1, 0.15) is 6.34 Å². The van der Waals surface area contributed by atoms with Gasteiger partial charge in [-0.3, -0.25) is 0 Å². The molecule has 0 rings (SSSR count). The molecule has 0 aromatic carbocycles. The number of hydrogen-bond acceptors (Lipinski definition) is 2. The third kappa shape index (κ3) is 7.17. The fraction of sp³-hybridized carbons (Fsp3) is 0.571. The first-order valence-electron chi connectivity index (χ1n) is 3.38. The van der Waals surface area contributed by atoms with Crippen LogP contribution in [0.5, 0.6) is 0 Å². The molecule has 0 atom stereocenters. The van der Waals surface area contributed by atoms with Crippen LogP contribution in [0.1, 0.15) is 13.8 Å². The second kappa shape index (κ2) is 6.29. The molecule has 2 N–H and O–H groups in total. The van der Waals surface area contributed by atoms with Crippen LogP contribution in [-0.2, 0) is 0 Å². The molecule has 10 heavy (non-hydrogen) atoms. The molecule has 0 spiro atoms. The summed E-state index contributed by atoms with van der Waals surface area (Å²) in [6.07, 6.45) is 5.39. The van der Waals surface area contributed by atoms with Gasteiger partial charge in [0.2, 0.25) is 0 Å². The van der Waals surface area contributed by atoms with E-state index < -0.39 is 0 Å². The van der Waals surface area contributed by atoms with Crippen LogP contribution in [0.15, 0.2) is 17.3 Å². The van der Waals surface area contributed by atoms with Crippen molar-refractivity contribution in [3.05, 3.63) is 12.3 Å². The molecule has 0 aromatic heterocycles. The van der Waals surface area contributed by atoms with Gasteiger partial charge in [-0.1, -0.05) is 19.9 Å². The highest BCUT2D eigenvalue weighted by molar-refractivity contribution is 5.54. The van der Waals surface area contributed by atoms with Crippen LogP contribution < -0.4 is 10.9 Å². The summed E-state index contributed by atoms with van der Waals surface area (Å²) in [5.41, 5.74) is 5.45.